The highest BCUT2D eigenvalue weighted by Gasteiger charge is 2.40. The summed E-state index contributed by atoms with van der Waals surface area (Å²) >= 11 is 0. The zero-order valence-electron chi connectivity index (χ0n) is 12.9. The summed E-state index contributed by atoms with van der Waals surface area (Å²) in [5, 5.41) is 0. The van der Waals surface area contributed by atoms with E-state index in [0.29, 0.717) is 12.2 Å². The fourth-order valence-electron chi connectivity index (χ4n) is 3.55. The highest BCUT2D eigenvalue weighted by molar-refractivity contribution is 5.88. The molecule has 2 nitrogen and oxygen atoms in total. The van der Waals surface area contributed by atoms with Crippen LogP contribution < -0.4 is 0 Å². The van der Waals surface area contributed by atoms with Gasteiger partial charge in [-0.15, -0.1) is 0 Å². The standard InChI is InChI=1S/C18H27NO/c1-3-18(4-2,19-14-8-9-15-19)17(20)13-12-16-10-6-5-7-11-16/h5-7,10-11H,3-4,8-9,12-15H2,1-2H3. The van der Waals surface area contributed by atoms with Crippen LogP contribution in [0.25, 0.3) is 0 Å². The summed E-state index contributed by atoms with van der Waals surface area (Å²) in [5.41, 5.74) is 1.06. The zero-order valence-corrected chi connectivity index (χ0v) is 12.9. The van der Waals surface area contributed by atoms with Crippen LogP contribution in [0, 0.1) is 0 Å². The smallest absolute Gasteiger partial charge is 0.153 e. The second kappa shape index (κ2) is 7.03. The molecular formula is C18H27NO. The molecule has 1 heterocycles. The molecule has 0 radical (unpaired) electrons. The lowest BCUT2D eigenvalue weighted by Crippen LogP contribution is -2.52. The summed E-state index contributed by atoms with van der Waals surface area (Å²) in [6.45, 7) is 6.53. The predicted molar refractivity (Wildman–Crippen MR) is 83.9 cm³/mol. The first kappa shape index (κ1) is 15.2. The van der Waals surface area contributed by atoms with Crippen molar-refractivity contribution in [3.05, 3.63) is 35.9 Å². The molecule has 2 heteroatoms. The van der Waals surface area contributed by atoms with Crippen molar-refractivity contribution >= 4 is 5.78 Å². The molecule has 110 valence electrons. The Morgan fingerprint density at radius 3 is 2.25 bits per heavy atom. The third kappa shape index (κ3) is 3.12. The number of benzene rings is 1. The number of Topliss-reactive ketones (excluding diaryl/α,β-unsaturated/α-hetero) is 1. The first-order valence-corrected chi connectivity index (χ1v) is 8.05. The van der Waals surface area contributed by atoms with Gasteiger partial charge in [-0.05, 0) is 50.8 Å². The third-order valence-electron chi connectivity index (χ3n) is 4.88. The fourth-order valence-corrected chi connectivity index (χ4v) is 3.55. The predicted octanol–water partition coefficient (Wildman–Crippen LogP) is 3.84. The molecule has 0 aromatic heterocycles. The van der Waals surface area contributed by atoms with E-state index < -0.39 is 0 Å². The van der Waals surface area contributed by atoms with E-state index in [-0.39, 0.29) is 5.54 Å². The summed E-state index contributed by atoms with van der Waals surface area (Å²) in [6.07, 6.45) is 5.91. The molecule has 1 aliphatic rings. The average Bonchev–Trinajstić information content (AvgIpc) is 3.03. The maximum atomic E-state index is 12.8. The molecule has 20 heavy (non-hydrogen) atoms. The molecule has 1 aromatic rings. The van der Waals surface area contributed by atoms with Crippen LogP contribution in [-0.4, -0.2) is 29.3 Å². The van der Waals surface area contributed by atoms with Gasteiger partial charge in [0.2, 0.25) is 0 Å². The molecule has 2 rings (SSSR count). The molecule has 0 bridgehead atoms. The Balaban J connectivity index is 2.03. The lowest BCUT2D eigenvalue weighted by atomic mass is 9.83. The van der Waals surface area contributed by atoms with Crippen molar-refractivity contribution < 1.29 is 4.79 Å². The minimum Gasteiger partial charge on any atom is -0.298 e. The van der Waals surface area contributed by atoms with Gasteiger partial charge in [0.25, 0.3) is 0 Å². The van der Waals surface area contributed by atoms with Gasteiger partial charge in [-0.25, -0.2) is 0 Å². The lowest BCUT2D eigenvalue weighted by molar-refractivity contribution is -0.131. The van der Waals surface area contributed by atoms with Gasteiger partial charge in [0.15, 0.2) is 5.78 Å². The normalized spacial score (nSPS) is 16.5. The summed E-state index contributed by atoms with van der Waals surface area (Å²) < 4.78 is 0. The van der Waals surface area contributed by atoms with Gasteiger partial charge in [-0.2, -0.15) is 0 Å². The number of ketones is 1. The molecule has 0 saturated carbocycles. The van der Waals surface area contributed by atoms with E-state index in [1.54, 1.807) is 0 Å². The summed E-state index contributed by atoms with van der Waals surface area (Å²) in [5.74, 6) is 0.438. The molecule has 1 aliphatic heterocycles. The van der Waals surface area contributed by atoms with E-state index in [0.717, 1.165) is 32.4 Å². The molecule has 1 aromatic carbocycles. The van der Waals surface area contributed by atoms with Gasteiger partial charge in [-0.3, -0.25) is 9.69 Å². The van der Waals surface area contributed by atoms with Gasteiger partial charge in [-0.1, -0.05) is 44.2 Å². The van der Waals surface area contributed by atoms with Crippen molar-refractivity contribution in [3.8, 4) is 0 Å². The lowest BCUT2D eigenvalue weighted by Gasteiger charge is -2.39. The summed E-state index contributed by atoms with van der Waals surface area (Å²) in [7, 11) is 0. The second-order valence-electron chi connectivity index (χ2n) is 5.84. The van der Waals surface area contributed by atoms with Crippen molar-refractivity contribution in [3.63, 3.8) is 0 Å². The van der Waals surface area contributed by atoms with Gasteiger partial charge in [0.1, 0.15) is 0 Å². The van der Waals surface area contributed by atoms with Gasteiger partial charge in [0.05, 0.1) is 5.54 Å². The highest BCUT2D eigenvalue weighted by Crippen LogP contribution is 2.30. The van der Waals surface area contributed by atoms with Crippen LogP contribution in [0.1, 0.15) is 51.5 Å². The van der Waals surface area contributed by atoms with Crippen LogP contribution in [0.3, 0.4) is 0 Å². The summed E-state index contributed by atoms with van der Waals surface area (Å²) in [4.78, 5) is 15.3. The Morgan fingerprint density at radius 1 is 1.10 bits per heavy atom. The Kier molecular flexibility index (Phi) is 5.36. The number of aryl methyl sites for hydroxylation is 1. The third-order valence-corrected chi connectivity index (χ3v) is 4.88. The Bertz CT molecular complexity index is 416. The fraction of sp³-hybridized carbons (Fsp3) is 0.611. The maximum absolute atomic E-state index is 12.8. The van der Waals surface area contributed by atoms with Crippen molar-refractivity contribution in [1.82, 2.24) is 4.90 Å². The first-order valence-electron chi connectivity index (χ1n) is 8.05. The average molecular weight is 273 g/mol. The second-order valence-corrected chi connectivity index (χ2v) is 5.84. The van der Waals surface area contributed by atoms with Crippen LogP contribution >= 0.6 is 0 Å². The number of likely N-dealkylation sites (tertiary alicyclic amines) is 1. The van der Waals surface area contributed by atoms with Crippen LogP contribution in [-0.2, 0) is 11.2 Å². The molecule has 0 spiro atoms. The van der Waals surface area contributed by atoms with Crippen molar-refractivity contribution in [2.45, 2.75) is 57.9 Å². The Hall–Kier alpha value is -1.15. The number of rotatable bonds is 7. The highest BCUT2D eigenvalue weighted by atomic mass is 16.1. The number of hydrogen-bond donors (Lipinski definition) is 0. The van der Waals surface area contributed by atoms with E-state index in [1.165, 1.54) is 18.4 Å². The molecule has 0 amide bonds. The number of hydrogen-bond acceptors (Lipinski definition) is 2. The molecule has 1 fully saturated rings. The Morgan fingerprint density at radius 2 is 1.70 bits per heavy atom. The van der Waals surface area contributed by atoms with E-state index in [4.69, 9.17) is 0 Å². The molecule has 0 unspecified atom stereocenters. The summed E-state index contributed by atoms with van der Waals surface area (Å²) in [6, 6.07) is 10.4. The van der Waals surface area contributed by atoms with Gasteiger partial charge < -0.3 is 0 Å². The number of nitrogens with zero attached hydrogens (tertiary/aromatic N) is 1. The van der Waals surface area contributed by atoms with Crippen molar-refractivity contribution in [1.29, 1.82) is 0 Å². The molecule has 0 atom stereocenters. The first-order chi connectivity index (χ1) is 9.73. The van der Waals surface area contributed by atoms with E-state index in [1.807, 2.05) is 18.2 Å². The van der Waals surface area contributed by atoms with E-state index in [9.17, 15) is 4.79 Å². The molecular weight excluding hydrogens is 246 g/mol. The maximum Gasteiger partial charge on any atom is 0.153 e. The van der Waals surface area contributed by atoms with Crippen molar-refractivity contribution in [2.24, 2.45) is 0 Å². The van der Waals surface area contributed by atoms with Crippen LogP contribution in [0.4, 0.5) is 0 Å². The van der Waals surface area contributed by atoms with Crippen LogP contribution in [0.15, 0.2) is 30.3 Å². The van der Waals surface area contributed by atoms with Gasteiger partial charge >= 0.3 is 0 Å². The Labute approximate surface area is 123 Å². The van der Waals surface area contributed by atoms with Crippen LogP contribution in [0.5, 0.6) is 0 Å². The minimum atomic E-state index is -0.203. The SMILES string of the molecule is CCC(CC)(C(=O)CCc1ccccc1)N1CCCC1. The van der Waals surface area contributed by atoms with E-state index >= 15 is 0 Å². The minimum absolute atomic E-state index is 0.203. The molecule has 1 saturated heterocycles. The zero-order chi connectivity index (χ0) is 14.4. The van der Waals surface area contributed by atoms with Crippen LogP contribution in [0.2, 0.25) is 0 Å². The topological polar surface area (TPSA) is 20.3 Å². The molecule has 0 aliphatic carbocycles. The quantitative estimate of drug-likeness (QED) is 0.752. The monoisotopic (exact) mass is 273 g/mol. The van der Waals surface area contributed by atoms with Gasteiger partial charge in [0, 0.05) is 6.42 Å². The number of carbonyl (C=O) groups is 1. The van der Waals surface area contributed by atoms with E-state index in [2.05, 4.69) is 30.9 Å². The van der Waals surface area contributed by atoms with Crippen molar-refractivity contribution in [2.75, 3.05) is 13.1 Å². The largest absolute Gasteiger partial charge is 0.298 e. The molecule has 0 N–H and O–H groups in total. The number of carbonyl (C=O) groups excluding carboxylic acids is 1.